The highest BCUT2D eigenvalue weighted by molar-refractivity contribution is 5.85. The molecule has 5 N–H and O–H groups in total. The normalized spacial score (nSPS) is 23.5. The molecule has 1 amide bonds. The van der Waals surface area contributed by atoms with E-state index in [1.165, 1.54) is 47.4 Å². The number of aromatic nitrogens is 3. The van der Waals surface area contributed by atoms with E-state index in [0.717, 1.165) is 12.1 Å². The Morgan fingerprint density at radius 1 is 1.00 bits per heavy atom. The number of halogens is 5. The number of alkyl halides is 5. The molecular weight excluding hydrogens is 555 g/mol. The van der Waals surface area contributed by atoms with Gasteiger partial charge in [-0.25, -0.2) is 14.5 Å². The van der Waals surface area contributed by atoms with Crippen LogP contribution < -0.4 is 10.1 Å². The maximum atomic E-state index is 13.1. The van der Waals surface area contributed by atoms with Crippen LogP contribution in [0.5, 0.6) is 5.75 Å². The fraction of sp³-hybridized carbons (Fsp3) is 0.348. The van der Waals surface area contributed by atoms with Crippen molar-refractivity contribution < 1.29 is 61.4 Å². The number of benzene rings is 2. The van der Waals surface area contributed by atoms with Crippen molar-refractivity contribution in [1.29, 1.82) is 0 Å². The minimum Gasteiger partial charge on any atom is -0.438 e. The lowest BCUT2D eigenvalue weighted by atomic mass is 9.99. The standard InChI is InChI=1S/C23H21F5N4O8/c24-22(25,26)23(27,28)40-14-7-5-13(6-8-14)32-10-29-19(31-32)11-1-3-12(4-2-11)30-21(37)39-18-17(35)16(34)15(9-33)38-20(18)36/h1-8,10,15-18,20,33-36H,9H2,(H,30,37)/t15-,16-,17+,18+,20+/m0/s1. The molecule has 40 heavy (non-hydrogen) atoms. The first-order valence-corrected chi connectivity index (χ1v) is 11.3. The van der Waals surface area contributed by atoms with Crippen LogP contribution in [0.2, 0.25) is 0 Å². The van der Waals surface area contributed by atoms with Gasteiger partial charge < -0.3 is 34.6 Å². The molecule has 1 aliphatic rings. The molecule has 1 aromatic heterocycles. The Balaban J connectivity index is 1.36. The molecule has 0 bridgehead atoms. The van der Waals surface area contributed by atoms with Gasteiger partial charge in [-0.3, -0.25) is 5.32 Å². The number of aliphatic hydroxyl groups excluding tert-OH is 4. The van der Waals surface area contributed by atoms with Crippen molar-refractivity contribution in [1.82, 2.24) is 14.8 Å². The summed E-state index contributed by atoms with van der Waals surface area (Å²) in [6.45, 7) is -0.679. The second-order valence-corrected chi connectivity index (χ2v) is 8.42. The van der Waals surface area contributed by atoms with E-state index in [9.17, 15) is 42.1 Å². The molecule has 5 atom stereocenters. The second kappa shape index (κ2) is 11.3. The first-order chi connectivity index (χ1) is 18.8. The molecule has 1 fully saturated rings. The average molecular weight is 576 g/mol. The fourth-order valence-corrected chi connectivity index (χ4v) is 3.56. The molecule has 0 saturated carbocycles. The third kappa shape index (κ3) is 6.28. The van der Waals surface area contributed by atoms with Crippen LogP contribution in [0.4, 0.5) is 32.4 Å². The molecule has 12 nitrogen and oxygen atoms in total. The molecule has 216 valence electrons. The molecule has 0 spiro atoms. The largest absolute Gasteiger partial charge is 0.499 e. The van der Waals surface area contributed by atoms with Gasteiger partial charge in [0.1, 0.15) is 30.4 Å². The third-order valence-corrected chi connectivity index (χ3v) is 5.64. The molecule has 17 heteroatoms. The van der Waals surface area contributed by atoms with Crippen LogP contribution in [-0.2, 0) is 9.47 Å². The van der Waals surface area contributed by atoms with Gasteiger partial charge in [-0.15, -0.1) is 5.10 Å². The Morgan fingerprint density at radius 2 is 1.65 bits per heavy atom. The summed E-state index contributed by atoms with van der Waals surface area (Å²) in [6.07, 6.45) is -19.1. The number of ether oxygens (including phenoxy) is 3. The number of hydrogen-bond donors (Lipinski definition) is 5. The van der Waals surface area contributed by atoms with Crippen molar-refractivity contribution in [3.8, 4) is 22.8 Å². The zero-order chi connectivity index (χ0) is 29.2. The number of anilines is 1. The molecule has 0 radical (unpaired) electrons. The summed E-state index contributed by atoms with van der Waals surface area (Å²) in [5.74, 6) is -0.505. The predicted octanol–water partition coefficient (Wildman–Crippen LogP) is 1.82. The smallest absolute Gasteiger partial charge is 0.438 e. The summed E-state index contributed by atoms with van der Waals surface area (Å²) in [7, 11) is 0. The molecule has 3 aromatic rings. The highest BCUT2D eigenvalue weighted by Gasteiger charge is 2.61. The number of carbonyl (C=O) groups excluding carboxylic acids is 1. The number of nitrogens with zero attached hydrogens (tertiary/aromatic N) is 3. The summed E-state index contributed by atoms with van der Waals surface area (Å²) in [5, 5.41) is 45.5. The van der Waals surface area contributed by atoms with Crippen LogP contribution >= 0.6 is 0 Å². The molecule has 2 aromatic carbocycles. The van der Waals surface area contributed by atoms with E-state index in [0.29, 0.717) is 5.56 Å². The first-order valence-electron chi connectivity index (χ1n) is 11.3. The summed E-state index contributed by atoms with van der Waals surface area (Å²) < 4.78 is 77.9. The lowest BCUT2D eigenvalue weighted by Crippen LogP contribution is -2.59. The molecule has 1 aliphatic heterocycles. The monoisotopic (exact) mass is 576 g/mol. The van der Waals surface area contributed by atoms with Crippen LogP contribution in [-0.4, -0.2) is 90.9 Å². The number of nitrogens with one attached hydrogen (secondary N) is 1. The molecule has 2 heterocycles. The van der Waals surface area contributed by atoms with Crippen molar-refractivity contribution >= 4 is 11.8 Å². The van der Waals surface area contributed by atoms with Crippen LogP contribution in [0.15, 0.2) is 54.9 Å². The van der Waals surface area contributed by atoms with Gasteiger partial charge in [0.15, 0.2) is 18.2 Å². The van der Waals surface area contributed by atoms with Gasteiger partial charge in [-0.1, -0.05) is 0 Å². The average Bonchev–Trinajstić information content (AvgIpc) is 3.39. The number of aliphatic hydroxyl groups is 4. The van der Waals surface area contributed by atoms with Gasteiger partial charge in [0.25, 0.3) is 0 Å². The number of hydrogen-bond acceptors (Lipinski definition) is 10. The maximum Gasteiger partial charge on any atom is 0.499 e. The van der Waals surface area contributed by atoms with Crippen molar-refractivity contribution in [2.45, 2.75) is 43.0 Å². The summed E-state index contributed by atoms with van der Waals surface area (Å²) in [5.41, 5.74) is 0.995. The fourth-order valence-electron chi connectivity index (χ4n) is 3.56. The van der Waals surface area contributed by atoms with E-state index in [-0.39, 0.29) is 17.2 Å². The Hall–Kier alpha value is -3.90. The van der Waals surface area contributed by atoms with Crippen molar-refractivity contribution in [2.24, 2.45) is 0 Å². The molecule has 0 unspecified atom stereocenters. The lowest BCUT2D eigenvalue weighted by molar-refractivity contribution is -0.360. The van der Waals surface area contributed by atoms with E-state index in [2.05, 4.69) is 20.1 Å². The van der Waals surface area contributed by atoms with Crippen molar-refractivity contribution in [2.75, 3.05) is 11.9 Å². The summed E-state index contributed by atoms with van der Waals surface area (Å²) in [6, 6.07) is 10.2. The molecule has 4 rings (SSSR count). The summed E-state index contributed by atoms with van der Waals surface area (Å²) in [4.78, 5) is 16.3. The van der Waals surface area contributed by atoms with Crippen molar-refractivity contribution in [3.05, 3.63) is 54.9 Å². The molecular formula is C23H21F5N4O8. The van der Waals surface area contributed by atoms with Gasteiger partial charge in [-0.05, 0) is 48.5 Å². The highest BCUT2D eigenvalue weighted by atomic mass is 19.4. The number of rotatable bonds is 7. The minimum atomic E-state index is -5.87. The summed E-state index contributed by atoms with van der Waals surface area (Å²) >= 11 is 0. The molecule has 1 saturated heterocycles. The number of amides is 1. The second-order valence-electron chi connectivity index (χ2n) is 8.42. The van der Waals surface area contributed by atoms with E-state index in [4.69, 9.17) is 14.6 Å². The Morgan fingerprint density at radius 3 is 2.25 bits per heavy atom. The van der Waals surface area contributed by atoms with E-state index >= 15 is 0 Å². The maximum absolute atomic E-state index is 13.1. The van der Waals surface area contributed by atoms with Gasteiger partial charge in [0, 0.05) is 11.3 Å². The zero-order valence-corrected chi connectivity index (χ0v) is 19.9. The SMILES string of the molecule is O=C(Nc1ccc(-c2ncn(-c3ccc(OC(F)(F)C(F)(F)F)cc3)n2)cc1)O[C@@H]1[C@H](O)[C@@H](O)[C@H](CO)O[C@H]1O. The quantitative estimate of drug-likeness (QED) is 0.262. The van der Waals surface area contributed by atoms with Gasteiger partial charge in [-0.2, -0.15) is 22.0 Å². The molecule has 0 aliphatic carbocycles. The highest BCUT2D eigenvalue weighted by Crippen LogP contribution is 2.37. The first kappa shape index (κ1) is 29.1. The van der Waals surface area contributed by atoms with Gasteiger partial charge >= 0.3 is 18.4 Å². The van der Waals surface area contributed by atoms with Crippen LogP contribution in [0.25, 0.3) is 17.1 Å². The van der Waals surface area contributed by atoms with Crippen LogP contribution in [0, 0.1) is 0 Å². The van der Waals surface area contributed by atoms with Crippen LogP contribution in [0.1, 0.15) is 0 Å². The number of carbonyl (C=O) groups is 1. The topological polar surface area (TPSA) is 168 Å². The van der Waals surface area contributed by atoms with Gasteiger partial charge in [0.2, 0.25) is 0 Å². The van der Waals surface area contributed by atoms with E-state index in [1.54, 1.807) is 0 Å². The van der Waals surface area contributed by atoms with Gasteiger partial charge in [0.05, 0.1) is 12.3 Å². The van der Waals surface area contributed by atoms with Crippen molar-refractivity contribution in [3.63, 3.8) is 0 Å². The zero-order valence-electron chi connectivity index (χ0n) is 19.9. The van der Waals surface area contributed by atoms with E-state index in [1.807, 2.05) is 0 Å². The lowest BCUT2D eigenvalue weighted by Gasteiger charge is -2.39. The Bertz CT molecular complexity index is 1310. The Labute approximate surface area is 221 Å². The Kier molecular flexibility index (Phi) is 8.22. The minimum absolute atomic E-state index is 0.205. The van der Waals surface area contributed by atoms with Crippen LogP contribution in [0.3, 0.4) is 0 Å². The third-order valence-electron chi connectivity index (χ3n) is 5.64. The predicted molar refractivity (Wildman–Crippen MR) is 122 cm³/mol. The van der Waals surface area contributed by atoms with E-state index < -0.39 is 61.4 Å².